The average Bonchev–Trinajstić information content (AvgIpc) is 2.29. The molecule has 2 rings (SSSR count). The fraction of sp³-hybridized carbons (Fsp3) is 0. The van der Waals surface area contributed by atoms with E-state index < -0.39 is 5.91 Å². The van der Waals surface area contributed by atoms with Crippen LogP contribution in [0.25, 0.3) is 0 Å². The number of benzene rings is 1. The van der Waals surface area contributed by atoms with Gasteiger partial charge in [-0.15, -0.1) is 0 Å². The first-order chi connectivity index (χ1) is 8.15. The molecule has 0 aliphatic carbocycles. The fourth-order valence-corrected chi connectivity index (χ4v) is 1.42. The zero-order chi connectivity index (χ0) is 12.3. The summed E-state index contributed by atoms with van der Waals surface area (Å²) in [5, 5.41) is 8.94. The first kappa shape index (κ1) is 11.3. The van der Waals surface area contributed by atoms with E-state index >= 15 is 0 Å². The van der Waals surface area contributed by atoms with Crippen molar-refractivity contribution in [2.24, 2.45) is 0 Å². The van der Waals surface area contributed by atoms with Gasteiger partial charge in [0.2, 0.25) is 0 Å². The molecule has 1 amide bonds. The van der Waals surface area contributed by atoms with Crippen LogP contribution in [0, 0.1) is 0 Å². The Morgan fingerprint density at radius 3 is 2.76 bits per heavy atom. The summed E-state index contributed by atoms with van der Waals surface area (Å²) in [5.74, 6) is -0.413. The summed E-state index contributed by atoms with van der Waals surface area (Å²) in [6.45, 7) is 0. The van der Waals surface area contributed by atoms with Crippen molar-refractivity contribution >= 4 is 23.2 Å². The number of carbonyl (C=O) groups is 1. The van der Waals surface area contributed by atoms with Gasteiger partial charge in [-0.3, -0.25) is 9.59 Å². The number of nitrogens with one attached hydrogen (secondary N) is 2. The lowest BCUT2D eigenvalue weighted by atomic mass is 10.3. The van der Waals surface area contributed by atoms with Crippen LogP contribution >= 0.6 is 11.6 Å². The Hall–Kier alpha value is -2.14. The van der Waals surface area contributed by atoms with E-state index in [2.05, 4.69) is 15.5 Å². The van der Waals surface area contributed by atoms with Crippen LogP contribution in [0.5, 0.6) is 0 Å². The van der Waals surface area contributed by atoms with Gasteiger partial charge in [0, 0.05) is 16.8 Å². The third-order valence-electron chi connectivity index (χ3n) is 1.99. The van der Waals surface area contributed by atoms with Gasteiger partial charge in [0.1, 0.15) is 5.69 Å². The lowest BCUT2D eigenvalue weighted by Gasteiger charge is -2.03. The number of amides is 1. The van der Waals surface area contributed by atoms with Crippen molar-refractivity contribution in [2.75, 3.05) is 5.32 Å². The Morgan fingerprint density at radius 1 is 1.29 bits per heavy atom. The summed E-state index contributed by atoms with van der Waals surface area (Å²) >= 11 is 5.78. The average molecular weight is 250 g/mol. The zero-order valence-electron chi connectivity index (χ0n) is 8.61. The number of aromatic amines is 1. The molecule has 86 valence electrons. The molecule has 5 nitrogen and oxygen atoms in total. The summed E-state index contributed by atoms with van der Waals surface area (Å²) in [6, 6.07) is 9.33. The number of anilines is 1. The van der Waals surface area contributed by atoms with Crippen LogP contribution in [-0.4, -0.2) is 16.1 Å². The Kier molecular flexibility index (Phi) is 3.20. The summed E-state index contributed by atoms with van der Waals surface area (Å²) in [4.78, 5) is 22.5. The second kappa shape index (κ2) is 4.80. The van der Waals surface area contributed by atoms with E-state index in [1.54, 1.807) is 24.3 Å². The lowest BCUT2D eigenvalue weighted by molar-refractivity contribution is 0.102. The Morgan fingerprint density at radius 2 is 2.12 bits per heavy atom. The molecular weight excluding hydrogens is 242 g/mol. The maximum Gasteiger partial charge on any atom is 0.276 e. The van der Waals surface area contributed by atoms with Gasteiger partial charge in [-0.05, 0) is 24.3 Å². The first-order valence-electron chi connectivity index (χ1n) is 4.78. The molecule has 0 saturated heterocycles. The third-order valence-corrected chi connectivity index (χ3v) is 2.23. The smallest absolute Gasteiger partial charge is 0.276 e. The molecule has 0 radical (unpaired) electrons. The van der Waals surface area contributed by atoms with E-state index in [0.29, 0.717) is 10.7 Å². The Balaban J connectivity index is 2.17. The molecule has 0 spiro atoms. The number of nitrogens with zero attached hydrogens (tertiary/aromatic N) is 1. The normalized spacial score (nSPS) is 9.94. The van der Waals surface area contributed by atoms with E-state index in [4.69, 9.17) is 11.6 Å². The summed E-state index contributed by atoms with van der Waals surface area (Å²) < 4.78 is 0. The van der Waals surface area contributed by atoms with Crippen LogP contribution in [0.4, 0.5) is 5.69 Å². The first-order valence-corrected chi connectivity index (χ1v) is 5.15. The molecule has 2 N–H and O–H groups in total. The van der Waals surface area contributed by atoms with Gasteiger partial charge < -0.3 is 5.32 Å². The highest BCUT2D eigenvalue weighted by atomic mass is 35.5. The standard InChI is InChI=1S/C11H8ClN3O2/c12-7-2-1-3-8(6-7)13-11(17)9-4-5-10(16)15-14-9/h1-6H,(H,13,17)(H,15,16). The number of rotatable bonds is 2. The number of aromatic nitrogens is 2. The number of carbonyl (C=O) groups excluding carboxylic acids is 1. The van der Waals surface area contributed by atoms with E-state index in [9.17, 15) is 9.59 Å². The summed E-state index contributed by atoms with van der Waals surface area (Å²) in [6.07, 6.45) is 0. The molecule has 0 atom stereocenters. The molecule has 1 aromatic heterocycles. The van der Waals surface area contributed by atoms with E-state index in [1.165, 1.54) is 12.1 Å². The van der Waals surface area contributed by atoms with Crippen LogP contribution in [0.15, 0.2) is 41.2 Å². The van der Waals surface area contributed by atoms with E-state index in [1.807, 2.05) is 0 Å². The molecule has 0 bridgehead atoms. The van der Waals surface area contributed by atoms with E-state index in [-0.39, 0.29) is 11.3 Å². The van der Waals surface area contributed by atoms with Crippen molar-refractivity contribution < 1.29 is 4.79 Å². The minimum absolute atomic E-state index is 0.129. The van der Waals surface area contributed by atoms with E-state index in [0.717, 1.165) is 0 Å². The molecule has 0 saturated carbocycles. The maximum atomic E-state index is 11.7. The molecule has 0 unspecified atom stereocenters. The van der Waals surface area contributed by atoms with Gasteiger partial charge in [0.15, 0.2) is 0 Å². The van der Waals surface area contributed by atoms with Gasteiger partial charge in [0.25, 0.3) is 11.5 Å². The van der Waals surface area contributed by atoms with Crippen LogP contribution in [0.1, 0.15) is 10.5 Å². The highest BCUT2D eigenvalue weighted by Gasteiger charge is 2.07. The minimum Gasteiger partial charge on any atom is -0.321 e. The van der Waals surface area contributed by atoms with Gasteiger partial charge in [-0.1, -0.05) is 17.7 Å². The predicted molar refractivity (Wildman–Crippen MR) is 64.3 cm³/mol. The van der Waals surface area contributed by atoms with Crippen molar-refractivity contribution in [2.45, 2.75) is 0 Å². The van der Waals surface area contributed by atoms with Crippen molar-refractivity contribution in [3.63, 3.8) is 0 Å². The monoisotopic (exact) mass is 249 g/mol. The van der Waals surface area contributed by atoms with Gasteiger partial charge in [0.05, 0.1) is 0 Å². The largest absolute Gasteiger partial charge is 0.321 e. The SMILES string of the molecule is O=C(Nc1cccc(Cl)c1)c1ccc(=O)[nH]n1. The molecule has 17 heavy (non-hydrogen) atoms. The van der Waals surface area contributed by atoms with Crippen LogP contribution in [0.3, 0.4) is 0 Å². The molecule has 0 aliphatic heterocycles. The third kappa shape index (κ3) is 2.92. The molecule has 1 aromatic carbocycles. The van der Waals surface area contributed by atoms with Crippen molar-refractivity contribution in [1.29, 1.82) is 0 Å². The predicted octanol–water partition coefficient (Wildman–Crippen LogP) is 1.68. The molecule has 0 fully saturated rings. The Bertz CT molecular complexity index is 589. The second-order valence-corrected chi connectivity index (χ2v) is 3.71. The minimum atomic E-state index is -0.413. The highest BCUT2D eigenvalue weighted by molar-refractivity contribution is 6.30. The van der Waals surface area contributed by atoms with Gasteiger partial charge in [-0.25, -0.2) is 5.10 Å². The van der Waals surface area contributed by atoms with Gasteiger partial charge in [-0.2, -0.15) is 5.10 Å². The highest BCUT2D eigenvalue weighted by Crippen LogP contribution is 2.15. The van der Waals surface area contributed by atoms with Crippen molar-refractivity contribution in [3.8, 4) is 0 Å². The number of hydrogen-bond donors (Lipinski definition) is 2. The van der Waals surface area contributed by atoms with Crippen molar-refractivity contribution in [3.05, 3.63) is 57.5 Å². The number of H-pyrrole nitrogens is 1. The number of hydrogen-bond acceptors (Lipinski definition) is 3. The van der Waals surface area contributed by atoms with Crippen LogP contribution in [0.2, 0.25) is 5.02 Å². The summed E-state index contributed by atoms with van der Waals surface area (Å²) in [7, 11) is 0. The molecule has 0 aliphatic rings. The molecular formula is C11H8ClN3O2. The number of halogens is 1. The molecule has 1 heterocycles. The van der Waals surface area contributed by atoms with Crippen molar-refractivity contribution in [1.82, 2.24) is 10.2 Å². The zero-order valence-corrected chi connectivity index (χ0v) is 9.36. The van der Waals surface area contributed by atoms with Crippen LogP contribution < -0.4 is 10.9 Å². The molecule has 2 aromatic rings. The second-order valence-electron chi connectivity index (χ2n) is 3.27. The van der Waals surface area contributed by atoms with Crippen LogP contribution in [-0.2, 0) is 0 Å². The maximum absolute atomic E-state index is 11.7. The summed E-state index contributed by atoms with van der Waals surface area (Å²) in [5.41, 5.74) is 0.337. The quantitative estimate of drug-likeness (QED) is 0.850. The molecule has 6 heteroatoms. The fourth-order valence-electron chi connectivity index (χ4n) is 1.23. The lowest BCUT2D eigenvalue weighted by Crippen LogP contribution is -2.17. The Labute approximate surface area is 101 Å². The topological polar surface area (TPSA) is 74.8 Å². The van der Waals surface area contributed by atoms with Gasteiger partial charge >= 0.3 is 0 Å².